The minimum absolute atomic E-state index is 0.0276. The van der Waals surface area contributed by atoms with Crippen molar-refractivity contribution in [1.29, 1.82) is 0 Å². The lowest BCUT2D eigenvalue weighted by atomic mass is 9.40. The second kappa shape index (κ2) is 3.97. The van der Waals surface area contributed by atoms with Crippen molar-refractivity contribution in [2.75, 3.05) is 6.61 Å². The van der Waals surface area contributed by atoms with Crippen LogP contribution in [0.4, 0.5) is 0 Å². The largest absolute Gasteiger partial charge is 0.394 e. The van der Waals surface area contributed by atoms with E-state index in [9.17, 15) is 4.79 Å². The number of carbonyl (C=O) groups excluding carboxylic acids is 1. The van der Waals surface area contributed by atoms with Crippen LogP contribution in [0.5, 0.6) is 0 Å². The van der Waals surface area contributed by atoms with Gasteiger partial charge in [0.1, 0.15) is 0 Å². The molecule has 0 aromatic heterocycles. The second-order valence-electron chi connectivity index (χ2n) is 8.47. The Balaban J connectivity index is 1.86. The van der Waals surface area contributed by atoms with Gasteiger partial charge in [0, 0.05) is 6.04 Å². The molecule has 4 bridgehead atoms. The molecule has 3 heteroatoms. The molecule has 0 radical (unpaired) electrons. The number of hydrogen-bond acceptors (Lipinski definition) is 2. The van der Waals surface area contributed by atoms with Crippen LogP contribution in [0.15, 0.2) is 0 Å². The van der Waals surface area contributed by atoms with Crippen molar-refractivity contribution in [1.82, 2.24) is 5.32 Å². The third kappa shape index (κ3) is 2.10. The van der Waals surface area contributed by atoms with Gasteiger partial charge in [-0.25, -0.2) is 0 Å². The Hall–Kier alpha value is -0.570. The first kappa shape index (κ1) is 13.4. The molecule has 2 unspecified atom stereocenters. The molecule has 0 aromatic carbocycles. The molecule has 0 aliphatic heterocycles. The number of hydrogen-bond donors (Lipinski definition) is 2. The molecule has 0 saturated heterocycles. The first-order valence-corrected chi connectivity index (χ1v) is 7.70. The lowest BCUT2D eigenvalue weighted by Crippen LogP contribution is -2.60. The predicted octanol–water partition coefficient (Wildman–Crippen LogP) is 2.48. The van der Waals surface area contributed by atoms with Crippen LogP contribution in [-0.2, 0) is 4.79 Å². The van der Waals surface area contributed by atoms with Gasteiger partial charge in [0.15, 0.2) is 0 Å². The van der Waals surface area contributed by atoms with Crippen LogP contribution in [0.25, 0.3) is 0 Å². The number of carbonyl (C=O) groups is 1. The SMILES string of the molecule is C[C@H](CO)NC(=O)C12CC3CC(C)(CC(C)(C3)C1)C2. The van der Waals surface area contributed by atoms with Gasteiger partial charge in [-0.1, -0.05) is 13.8 Å². The summed E-state index contributed by atoms with van der Waals surface area (Å²) < 4.78 is 0. The Kier molecular flexibility index (Phi) is 2.80. The molecule has 4 aliphatic carbocycles. The van der Waals surface area contributed by atoms with Crippen LogP contribution in [-0.4, -0.2) is 23.7 Å². The lowest BCUT2D eigenvalue weighted by molar-refractivity contribution is -0.170. The molecule has 19 heavy (non-hydrogen) atoms. The van der Waals surface area contributed by atoms with Gasteiger partial charge in [0.05, 0.1) is 12.0 Å². The van der Waals surface area contributed by atoms with Crippen molar-refractivity contribution in [2.45, 2.75) is 65.3 Å². The van der Waals surface area contributed by atoms with E-state index in [1.165, 1.54) is 19.3 Å². The highest BCUT2D eigenvalue weighted by Gasteiger charge is 2.62. The summed E-state index contributed by atoms with van der Waals surface area (Å²) in [5.74, 6) is 0.942. The van der Waals surface area contributed by atoms with E-state index in [0.717, 1.165) is 25.2 Å². The molecule has 2 N–H and O–H groups in total. The van der Waals surface area contributed by atoms with Crippen LogP contribution < -0.4 is 5.32 Å². The molecule has 3 nitrogen and oxygen atoms in total. The van der Waals surface area contributed by atoms with Crippen LogP contribution in [0, 0.1) is 22.2 Å². The molecule has 4 aliphatic rings. The molecule has 0 heterocycles. The quantitative estimate of drug-likeness (QED) is 0.823. The van der Waals surface area contributed by atoms with E-state index in [-0.39, 0.29) is 24.0 Å². The zero-order chi connectivity index (χ0) is 13.9. The van der Waals surface area contributed by atoms with Crippen LogP contribution in [0.2, 0.25) is 0 Å². The lowest BCUT2D eigenvalue weighted by Gasteiger charge is -2.64. The maximum Gasteiger partial charge on any atom is 0.226 e. The van der Waals surface area contributed by atoms with Gasteiger partial charge in [0.2, 0.25) is 5.91 Å². The van der Waals surface area contributed by atoms with Crippen molar-refractivity contribution in [3.63, 3.8) is 0 Å². The molecule has 0 aromatic rings. The zero-order valence-electron chi connectivity index (χ0n) is 12.5. The molecule has 108 valence electrons. The summed E-state index contributed by atoms with van der Waals surface area (Å²) in [5, 5.41) is 12.2. The third-order valence-electron chi connectivity index (χ3n) is 5.76. The molecule has 4 saturated carbocycles. The van der Waals surface area contributed by atoms with E-state index in [1.807, 2.05) is 6.92 Å². The van der Waals surface area contributed by atoms with E-state index in [2.05, 4.69) is 19.2 Å². The van der Waals surface area contributed by atoms with Crippen molar-refractivity contribution in [3.05, 3.63) is 0 Å². The van der Waals surface area contributed by atoms with Crippen LogP contribution in [0.3, 0.4) is 0 Å². The van der Waals surface area contributed by atoms with Gasteiger partial charge in [-0.05, 0) is 62.2 Å². The first-order valence-electron chi connectivity index (χ1n) is 7.70. The van der Waals surface area contributed by atoms with Gasteiger partial charge in [0.25, 0.3) is 0 Å². The van der Waals surface area contributed by atoms with Gasteiger partial charge in [-0.2, -0.15) is 0 Å². The predicted molar refractivity (Wildman–Crippen MR) is 74.5 cm³/mol. The highest BCUT2D eigenvalue weighted by atomic mass is 16.3. The zero-order valence-corrected chi connectivity index (χ0v) is 12.5. The first-order chi connectivity index (χ1) is 8.78. The summed E-state index contributed by atoms with van der Waals surface area (Å²) in [6, 6.07) is -0.124. The van der Waals surface area contributed by atoms with Crippen molar-refractivity contribution >= 4 is 5.91 Å². The van der Waals surface area contributed by atoms with E-state index in [1.54, 1.807) is 0 Å². The van der Waals surface area contributed by atoms with Crippen LogP contribution in [0.1, 0.15) is 59.3 Å². The van der Waals surface area contributed by atoms with Gasteiger partial charge in [-0.15, -0.1) is 0 Å². The maximum atomic E-state index is 12.7. The Bertz CT molecular complexity index is 388. The number of rotatable bonds is 3. The molecular formula is C16H27NO2. The third-order valence-corrected chi connectivity index (χ3v) is 5.76. The van der Waals surface area contributed by atoms with Crippen molar-refractivity contribution in [2.24, 2.45) is 22.2 Å². The smallest absolute Gasteiger partial charge is 0.226 e. The topological polar surface area (TPSA) is 49.3 Å². The fraction of sp³-hybridized carbons (Fsp3) is 0.938. The number of aliphatic hydroxyl groups is 1. The molecular weight excluding hydrogens is 238 g/mol. The Morgan fingerprint density at radius 3 is 2.26 bits per heavy atom. The fourth-order valence-electron chi connectivity index (χ4n) is 6.12. The van der Waals surface area contributed by atoms with Crippen LogP contribution >= 0.6 is 0 Å². The monoisotopic (exact) mass is 265 g/mol. The van der Waals surface area contributed by atoms with Gasteiger partial charge < -0.3 is 10.4 Å². The Labute approximate surface area is 116 Å². The molecule has 4 fully saturated rings. The van der Waals surface area contributed by atoms with Gasteiger partial charge in [-0.3, -0.25) is 4.79 Å². The minimum atomic E-state index is -0.146. The van der Waals surface area contributed by atoms with Gasteiger partial charge >= 0.3 is 0 Å². The average Bonchev–Trinajstić information content (AvgIpc) is 2.23. The van der Waals surface area contributed by atoms with E-state index >= 15 is 0 Å². The number of nitrogens with one attached hydrogen (secondary N) is 1. The highest BCUT2D eigenvalue weighted by Crippen LogP contribution is 2.69. The van der Waals surface area contributed by atoms with E-state index in [0.29, 0.717) is 10.8 Å². The fourth-order valence-corrected chi connectivity index (χ4v) is 6.12. The second-order valence-corrected chi connectivity index (χ2v) is 8.47. The molecule has 3 atom stereocenters. The summed E-state index contributed by atoms with van der Waals surface area (Å²) >= 11 is 0. The standard InChI is InChI=1S/C16H27NO2/c1-11(7-18)17-13(19)16-6-12-4-14(2,9-16)8-15(3,5-12)10-16/h11-12,18H,4-10H2,1-3H3,(H,17,19)/t11-,12?,14?,15?,16?/m1/s1. The molecule has 1 amide bonds. The Morgan fingerprint density at radius 2 is 1.79 bits per heavy atom. The maximum absolute atomic E-state index is 12.7. The van der Waals surface area contributed by atoms with Crippen molar-refractivity contribution in [3.8, 4) is 0 Å². The minimum Gasteiger partial charge on any atom is -0.394 e. The average molecular weight is 265 g/mol. The normalized spacial score (nSPS) is 49.2. The number of aliphatic hydroxyl groups excluding tert-OH is 1. The summed E-state index contributed by atoms with van der Waals surface area (Å²) in [5.41, 5.74) is 0.592. The summed E-state index contributed by atoms with van der Waals surface area (Å²) in [6.45, 7) is 6.67. The van der Waals surface area contributed by atoms with Crippen molar-refractivity contribution < 1.29 is 9.90 Å². The summed E-state index contributed by atoms with van der Waals surface area (Å²) in [7, 11) is 0. The highest BCUT2D eigenvalue weighted by molar-refractivity contribution is 5.83. The van der Waals surface area contributed by atoms with E-state index < -0.39 is 0 Å². The molecule has 4 rings (SSSR count). The molecule has 0 spiro atoms. The summed E-state index contributed by atoms with van der Waals surface area (Å²) in [4.78, 5) is 12.7. The summed E-state index contributed by atoms with van der Waals surface area (Å²) in [6.07, 6.45) is 7.09. The number of amides is 1. The Morgan fingerprint density at radius 1 is 1.21 bits per heavy atom. The van der Waals surface area contributed by atoms with E-state index in [4.69, 9.17) is 5.11 Å².